The zero-order valence-corrected chi connectivity index (χ0v) is 23.0. The molecule has 0 aliphatic heterocycles. The number of anilines is 1. The van der Waals surface area contributed by atoms with Gasteiger partial charge in [0.1, 0.15) is 6.04 Å². The van der Waals surface area contributed by atoms with Crippen molar-refractivity contribution in [1.82, 2.24) is 10.6 Å². The van der Waals surface area contributed by atoms with E-state index in [1.165, 1.54) is 25.1 Å². The van der Waals surface area contributed by atoms with Crippen molar-refractivity contribution >= 4 is 29.4 Å². The monoisotopic (exact) mass is 554 g/mol. The van der Waals surface area contributed by atoms with Crippen LogP contribution in [0.5, 0.6) is 0 Å². The van der Waals surface area contributed by atoms with Crippen LogP contribution < -0.4 is 21.7 Å². The van der Waals surface area contributed by atoms with Gasteiger partial charge in [0.15, 0.2) is 0 Å². The van der Waals surface area contributed by atoms with E-state index in [1.54, 1.807) is 19.9 Å². The van der Waals surface area contributed by atoms with Gasteiger partial charge in [-0.25, -0.2) is 0 Å². The molecule has 10 N–H and O–H groups in total. The molecule has 0 saturated heterocycles. The Kier molecular flexibility index (Phi) is 12.5. The summed E-state index contributed by atoms with van der Waals surface area (Å²) in [6.45, 7) is 8.55. The molecule has 0 saturated carbocycles. The number of carbonyl (C=O) groups excluding carboxylic acids is 3. The van der Waals surface area contributed by atoms with Crippen molar-refractivity contribution in [3.8, 4) is 0 Å². The smallest absolute Gasteiger partial charge is 0.303 e. The molecule has 1 rings (SSSR count). The number of carbonyl (C=O) groups is 4. The van der Waals surface area contributed by atoms with Crippen molar-refractivity contribution in [3.05, 3.63) is 29.8 Å². The van der Waals surface area contributed by atoms with Crippen LogP contribution >= 0.6 is 0 Å². The third-order valence-electron chi connectivity index (χ3n) is 6.09. The van der Waals surface area contributed by atoms with Crippen LogP contribution in [0.3, 0.4) is 0 Å². The molecule has 0 aromatic heterocycles. The van der Waals surface area contributed by atoms with Crippen molar-refractivity contribution in [2.45, 2.75) is 90.0 Å². The highest BCUT2D eigenvalue weighted by molar-refractivity contribution is 5.97. The number of rotatable bonds is 15. The van der Waals surface area contributed by atoms with Crippen LogP contribution in [0.25, 0.3) is 0 Å². The number of hydrogen-bond donors (Lipinski definition) is 9. The maximum Gasteiger partial charge on any atom is 0.303 e. The first-order valence-corrected chi connectivity index (χ1v) is 12.8. The topological polar surface area (TPSA) is 232 Å². The molecule has 0 radical (unpaired) electrons. The minimum atomic E-state index is -3.72. The van der Waals surface area contributed by atoms with Crippen molar-refractivity contribution in [2.75, 3.05) is 5.32 Å². The summed E-state index contributed by atoms with van der Waals surface area (Å²) >= 11 is 0. The minimum absolute atomic E-state index is 0.00557. The number of nitrogens with two attached hydrogens (primary N) is 1. The van der Waals surface area contributed by atoms with E-state index in [-0.39, 0.29) is 36.8 Å². The predicted molar refractivity (Wildman–Crippen MR) is 142 cm³/mol. The number of benzene rings is 1. The van der Waals surface area contributed by atoms with Gasteiger partial charge in [0.25, 0.3) is 5.91 Å². The standard InChI is InChI=1S/C26H42N4O9/c1-14(2)12-19(29-23(34)21(27)15(3)4)22(33)28-16(5)13-25(36,37)26(38,39)24(35)30-18-9-7-6-8-17(18)10-11-20(31)32/h6-9,14-16,19,21,36-39H,10-13,27H2,1-5H3,(H,28,33)(H,29,34)(H,30,35)(H,31,32)/t16?,19-,21-/m0/s1. The van der Waals surface area contributed by atoms with Gasteiger partial charge in [-0.3, -0.25) is 19.2 Å². The Bertz CT molecular complexity index is 1010. The molecule has 1 aromatic rings. The number of aryl methyl sites for hydroxylation is 1. The largest absolute Gasteiger partial charge is 0.481 e. The number of carboxylic acids is 1. The summed E-state index contributed by atoms with van der Waals surface area (Å²) in [6, 6.07) is 3.10. The van der Waals surface area contributed by atoms with Crippen LogP contribution in [-0.4, -0.2) is 78.9 Å². The number of aliphatic carboxylic acids is 1. The zero-order valence-electron chi connectivity index (χ0n) is 23.0. The molecule has 3 amide bonds. The van der Waals surface area contributed by atoms with E-state index in [2.05, 4.69) is 16.0 Å². The van der Waals surface area contributed by atoms with Gasteiger partial charge >= 0.3 is 11.8 Å². The Morgan fingerprint density at radius 3 is 2.05 bits per heavy atom. The molecule has 3 atom stereocenters. The van der Waals surface area contributed by atoms with Gasteiger partial charge in [-0.2, -0.15) is 0 Å². The molecule has 0 aliphatic carbocycles. The van der Waals surface area contributed by atoms with Gasteiger partial charge in [-0.15, -0.1) is 0 Å². The molecule has 13 heteroatoms. The van der Waals surface area contributed by atoms with E-state index in [0.29, 0.717) is 5.56 Å². The lowest BCUT2D eigenvalue weighted by atomic mass is 9.96. The fraction of sp³-hybridized carbons (Fsp3) is 0.615. The number of para-hydroxylation sites is 1. The first-order valence-electron chi connectivity index (χ1n) is 12.8. The Balaban J connectivity index is 2.95. The van der Waals surface area contributed by atoms with Crippen LogP contribution in [0.2, 0.25) is 0 Å². The molecular formula is C26H42N4O9. The molecule has 0 fully saturated rings. The first-order chi connectivity index (χ1) is 17.9. The highest BCUT2D eigenvalue weighted by Gasteiger charge is 2.54. The Morgan fingerprint density at radius 2 is 1.51 bits per heavy atom. The van der Waals surface area contributed by atoms with Gasteiger partial charge in [0.2, 0.25) is 17.6 Å². The molecular weight excluding hydrogens is 512 g/mol. The average Bonchev–Trinajstić information content (AvgIpc) is 2.81. The van der Waals surface area contributed by atoms with Crippen molar-refractivity contribution in [3.63, 3.8) is 0 Å². The number of carboxylic acid groups (broad SMARTS) is 1. The lowest BCUT2D eigenvalue weighted by Gasteiger charge is -2.35. The molecule has 0 bridgehead atoms. The summed E-state index contributed by atoms with van der Waals surface area (Å²) in [5, 5.41) is 57.9. The highest BCUT2D eigenvalue weighted by Crippen LogP contribution is 2.26. The Hall–Kier alpha value is -3.10. The zero-order chi connectivity index (χ0) is 30.1. The summed E-state index contributed by atoms with van der Waals surface area (Å²) in [5.74, 6) is -11.1. The maximum absolute atomic E-state index is 12.9. The first kappa shape index (κ1) is 33.9. The molecule has 0 aliphatic rings. The highest BCUT2D eigenvalue weighted by atomic mass is 16.6. The second-order valence-corrected chi connectivity index (χ2v) is 10.6. The number of amides is 3. The second-order valence-electron chi connectivity index (χ2n) is 10.6. The van der Waals surface area contributed by atoms with Crippen LogP contribution in [0.15, 0.2) is 24.3 Å². The third-order valence-corrected chi connectivity index (χ3v) is 6.09. The van der Waals surface area contributed by atoms with Gasteiger partial charge in [0, 0.05) is 24.6 Å². The van der Waals surface area contributed by atoms with E-state index >= 15 is 0 Å². The van der Waals surface area contributed by atoms with Crippen LogP contribution in [0.4, 0.5) is 5.69 Å². The molecule has 0 heterocycles. The van der Waals surface area contributed by atoms with E-state index < -0.39 is 59.8 Å². The average molecular weight is 555 g/mol. The number of aliphatic hydroxyl groups is 4. The Morgan fingerprint density at radius 1 is 0.923 bits per heavy atom. The molecule has 0 spiro atoms. The van der Waals surface area contributed by atoms with Crippen molar-refractivity contribution in [1.29, 1.82) is 0 Å². The van der Waals surface area contributed by atoms with Crippen LogP contribution in [0, 0.1) is 11.8 Å². The fourth-order valence-corrected chi connectivity index (χ4v) is 3.73. The maximum atomic E-state index is 12.9. The summed E-state index contributed by atoms with van der Waals surface area (Å²) in [5.41, 5.74) is 6.30. The molecule has 1 unspecified atom stereocenters. The normalized spacial score (nSPS) is 14.5. The Labute approximate surface area is 227 Å². The fourth-order valence-electron chi connectivity index (χ4n) is 3.73. The second kappa shape index (κ2) is 14.3. The van der Waals surface area contributed by atoms with Crippen LogP contribution in [0.1, 0.15) is 59.4 Å². The van der Waals surface area contributed by atoms with E-state index in [4.69, 9.17) is 10.8 Å². The van der Waals surface area contributed by atoms with E-state index in [1.807, 2.05) is 13.8 Å². The minimum Gasteiger partial charge on any atom is -0.481 e. The van der Waals surface area contributed by atoms with Crippen LogP contribution in [-0.2, 0) is 25.6 Å². The number of nitrogens with one attached hydrogen (secondary N) is 3. The summed E-state index contributed by atoms with van der Waals surface area (Å²) in [4.78, 5) is 48.9. The molecule has 13 nitrogen and oxygen atoms in total. The van der Waals surface area contributed by atoms with Gasteiger partial charge in [-0.05, 0) is 43.2 Å². The van der Waals surface area contributed by atoms with Gasteiger partial charge in [0.05, 0.1) is 6.04 Å². The summed E-state index contributed by atoms with van der Waals surface area (Å²) in [7, 11) is 0. The van der Waals surface area contributed by atoms with Gasteiger partial charge < -0.3 is 47.2 Å². The molecule has 220 valence electrons. The summed E-state index contributed by atoms with van der Waals surface area (Å²) in [6.07, 6.45) is -0.850. The summed E-state index contributed by atoms with van der Waals surface area (Å²) < 4.78 is 0. The van der Waals surface area contributed by atoms with E-state index in [0.717, 1.165) is 0 Å². The third kappa shape index (κ3) is 10.2. The SMILES string of the molecule is CC(C)C[C@H](NC(=O)[C@@H](N)C(C)C)C(=O)NC(C)CC(O)(O)C(O)(O)C(=O)Nc1ccccc1CCC(=O)O. The van der Waals surface area contributed by atoms with Crippen molar-refractivity contribution < 1.29 is 44.7 Å². The quantitative estimate of drug-likeness (QED) is 0.125. The van der Waals surface area contributed by atoms with Gasteiger partial charge in [-0.1, -0.05) is 45.9 Å². The number of hydrogen-bond acceptors (Lipinski definition) is 9. The molecule has 39 heavy (non-hydrogen) atoms. The van der Waals surface area contributed by atoms with Crippen molar-refractivity contribution in [2.24, 2.45) is 17.6 Å². The lowest BCUT2D eigenvalue weighted by Crippen LogP contribution is -2.63. The predicted octanol–water partition coefficient (Wildman–Crippen LogP) is -0.587. The van der Waals surface area contributed by atoms with E-state index in [9.17, 15) is 39.6 Å². The lowest BCUT2D eigenvalue weighted by molar-refractivity contribution is -0.338. The molecule has 1 aromatic carbocycles.